The van der Waals surface area contributed by atoms with Crippen molar-refractivity contribution >= 4 is 6.03 Å². The molecule has 2 saturated heterocycles. The number of nitrogens with zero attached hydrogens (tertiary/aromatic N) is 1. The highest BCUT2D eigenvalue weighted by molar-refractivity contribution is 5.74. The minimum absolute atomic E-state index is 0.132. The normalized spacial score (nSPS) is 31.7. The van der Waals surface area contributed by atoms with Gasteiger partial charge in [-0.25, -0.2) is 4.79 Å². The van der Waals surface area contributed by atoms with Gasteiger partial charge in [0.15, 0.2) is 0 Å². The van der Waals surface area contributed by atoms with E-state index in [9.17, 15) is 4.79 Å². The number of likely N-dealkylation sites (tertiary alicyclic amines) is 1. The Morgan fingerprint density at radius 2 is 2.13 bits per heavy atom. The first-order chi connectivity index (χ1) is 7.27. The highest BCUT2D eigenvalue weighted by Gasteiger charge is 2.25. The molecule has 2 rings (SSSR count). The van der Waals surface area contributed by atoms with Crippen LogP contribution in [0.5, 0.6) is 0 Å². The molecule has 0 saturated carbocycles. The zero-order valence-corrected chi connectivity index (χ0v) is 9.46. The molecule has 2 atom stereocenters. The second-order valence-corrected chi connectivity index (χ2v) is 4.72. The summed E-state index contributed by atoms with van der Waals surface area (Å²) >= 11 is 0. The zero-order valence-electron chi connectivity index (χ0n) is 9.46. The fourth-order valence-electron chi connectivity index (χ4n) is 2.35. The van der Waals surface area contributed by atoms with E-state index in [0.717, 1.165) is 45.4 Å². The van der Waals surface area contributed by atoms with Crippen LogP contribution in [0, 0.1) is 5.92 Å². The maximum absolute atomic E-state index is 11.8. The van der Waals surface area contributed by atoms with Crippen LogP contribution in [0.25, 0.3) is 0 Å². The van der Waals surface area contributed by atoms with Gasteiger partial charge in [-0.2, -0.15) is 0 Å². The van der Waals surface area contributed by atoms with Crippen molar-refractivity contribution in [2.75, 3.05) is 26.2 Å². The molecular formula is C11H21N3O. The van der Waals surface area contributed by atoms with E-state index in [4.69, 9.17) is 0 Å². The van der Waals surface area contributed by atoms with Crippen LogP contribution in [-0.2, 0) is 0 Å². The molecule has 0 bridgehead atoms. The summed E-state index contributed by atoms with van der Waals surface area (Å²) in [5.41, 5.74) is 0. The van der Waals surface area contributed by atoms with Gasteiger partial charge in [0.05, 0.1) is 0 Å². The minimum atomic E-state index is 0.132. The van der Waals surface area contributed by atoms with E-state index in [-0.39, 0.29) is 6.03 Å². The van der Waals surface area contributed by atoms with Crippen molar-refractivity contribution in [3.05, 3.63) is 0 Å². The first-order valence-corrected chi connectivity index (χ1v) is 6.03. The average molecular weight is 211 g/mol. The number of rotatable bonds is 1. The van der Waals surface area contributed by atoms with Gasteiger partial charge >= 0.3 is 6.03 Å². The first-order valence-electron chi connectivity index (χ1n) is 6.03. The van der Waals surface area contributed by atoms with Crippen LogP contribution >= 0.6 is 0 Å². The number of hydrogen-bond acceptors (Lipinski definition) is 2. The molecule has 2 heterocycles. The van der Waals surface area contributed by atoms with Gasteiger partial charge in [-0.1, -0.05) is 6.92 Å². The van der Waals surface area contributed by atoms with Crippen LogP contribution < -0.4 is 10.6 Å². The predicted molar refractivity (Wildman–Crippen MR) is 59.8 cm³/mol. The monoisotopic (exact) mass is 211 g/mol. The van der Waals surface area contributed by atoms with Crippen molar-refractivity contribution in [1.82, 2.24) is 15.5 Å². The fraction of sp³-hybridized carbons (Fsp3) is 0.909. The molecule has 0 radical (unpaired) electrons. The van der Waals surface area contributed by atoms with Gasteiger partial charge in [0.1, 0.15) is 0 Å². The van der Waals surface area contributed by atoms with E-state index in [1.165, 1.54) is 0 Å². The average Bonchev–Trinajstić information content (AvgIpc) is 2.74. The summed E-state index contributed by atoms with van der Waals surface area (Å²) in [6.45, 7) is 6.08. The minimum Gasteiger partial charge on any atom is -0.334 e. The molecule has 0 aromatic rings. The Morgan fingerprint density at radius 1 is 1.40 bits per heavy atom. The van der Waals surface area contributed by atoms with E-state index in [1.807, 2.05) is 4.90 Å². The quantitative estimate of drug-likeness (QED) is 0.673. The molecule has 0 spiro atoms. The largest absolute Gasteiger partial charge is 0.334 e. The molecule has 2 aliphatic heterocycles. The molecule has 2 N–H and O–H groups in total. The summed E-state index contributed by atoms with van der Waals surface area (Å²) in [5.74, 6) is 0.595. The van der Waals surface area contributed by atoms with Crippen LogP contribution in [0.3, 0.4) is 0 Å². The molecule has 0 aromatic heterocycles. The predicted octanol–water partition coefficient (Wildman–Crippen LogP) is 0.790. The van der Waals surface area contributed by atoms with Gasteiger partial charge in [-0.15, -0.1) is 0 Å². The van der Waals surface area contributed by atoms with Crippen molar-refractivity contribution in [1.29, 1.82) is 0 Å². The standard InChI is InChI=1S/C11H21N3O/c1-9-4-5-12-8-10(9)13-11(15)14-6-2-3-7-14/h9-10,12H,2-8H2,1H3,(H,13,15). The lowest BCUT2D eigenvalue weighted by Crippen LogP contribution is -2.53. The number of amides is 2. The van der Waals surface area contributed by atoms with Crippen LogP contribution in [0.1, 0.15) is 26.2 Å². The molecule has 15 heavy (non-hydrogen) atoms. The summed E-state index contributed by atoms with van der Waals surface area (Å²) in [5, 5.41) is 6.46. The SMILES string of the molecule is CC1CCNCC1NC(=O)N1CCCC1. The zero-order chi connectivity index (χ0) is 10.7. The number of hydrogen-bond donors (Lipinski definition) is 2. The highest BCUT2D eigenvalue weighted by atomic mass is 16.2. The Hall–Kier alpha value is -0.770. The van der Waals surface area contributed by atoms with Gasteiger partial charge in [0, 0.05) is 25.7 Å². The van der Waals surface area contributed by atoms with Crippen LogP contribution in [0.2, 0.25) is 0 Å². The van der Waals surface area contributed by atoms with E-state index in [0.29, 0.717) is 12.0 Å². The lowest BCUT2D eigenvalue weighted by molar-refractivity contribution is 0.194. The molecule has 2 aliphatic rings. The van der Waals surface area contributed by atoms with Crippen molar-refractivity contribution < 1.29 is 4.79 Å². The first kappa shape index (κ1) is 10.7. The van der Waals surface area contributed by atoms with Crippen molar-refractivity contribution in [2.45, 2.75) is 32.2 Å². The Kier molecular flexibility index (Phi) is 3.46. The molecule has 4 nitrogen and oxygen atoms in total. The molecule has 0 aromatic carbocycles. The maximum atomic E-state index is 11.8. The van der Waals surface area contributed by atoms with Crippen LogP contribution in [-0.4, -0.2) is 43.2 Å². The Bertz CT molecular complexity index is 226. The third-order valence-electron chi connectivity index (χ3n) is 3.53. The second kappa shape index (κ2) is 4.84. The van der Waals surface area contributed by atoms with Crippen molar-refractivity contribution in [2.24, 2.45) is 5.92 Å². The number of carbonyl (C=O) groups excluding carboxylic acids is 1. The van der Waals surface area contributed by atoms with E-state index >= 15 is 0 Å². The molecule has 2 unspecified atom stereocenters. The number of piperidine rings is 1. The number of nitrogens with one attached hydrogen (secondary N) is 2. The Morgan fingerprint density at radius 3 is 2.80 bits per heavy atom. The summed E-state index contributed by atoms with van der Waals surface area (Å²) in [6, 6.07) is 0.444. The van der Waals surface area contributed by atoms with Gasteiger partial charge in [-0.3, -0.25) is 0 Å². The van der Waals surface area contributed by atoms with Gasteiger partial charge in [-0.05, 0) is 31.7 Å². The van der Waals surface area contributed by atoms with Crippen molar-refractivity contribution in [3.63, 3.8) is 0 Å². The van der Waals surface area contributed by atoms with E-state index in [2.05, 4.69) is 17.6 Å². The Labute approximate surface area is 91.4 Å². The molecule has 2 fully saturated rings. The van der Waals surface area contributed by atoms with Gasteiger partial charge < -0.3 is 15.5 Å². The lowest BCUT2D eigenvalue weighted by atomic mass is 9.95. The molecule has 2 amide bonds. The fourth-order valence-corrected chi connectivity index (χ4v) is 2.35. The van der Waals surface area contributed by atoms with Crippen molar-refractivity contribution in [3.8, 4) is 0 Å². The van der Waals surface area contributed by atoms with Gasteiger partial charge in [0.2, 0.25) is 0 Å². The molecule has 0 aliphatic carbocycles. The Balaban J connectivity index is 1.81. The highest BCUT2D eigenvalue weighted by Crippen LogP contribution is 2.13. The maximum Gasteiger partial charge on any atom is 0.317 e. The van der Waals surface area contributed by atoms with E-state index < -0.39 is 0 Å². The smallest absolute Gasteiger partial charge is 0.317 e. The third-order valence-corrected chi connectivity index (χ3v) is 3.53. The second-order valence-electron chi connectivity index (χ2n) is 4.72. The molecule has 4 heteroatoms. The summed E-state index contributed by atoms with van der Waals surface area (Å²) in [7, 11) is 0. The van der Waals surface area contributed by atoms with Crippen LogP contribution in [0.15, 0.2) is 0 Å². The number of urea groups is 1. The van der Waals surface area contributed by atoms with Crippen LogP contribution in [0.4, 0.5) is 4.79 Å². The summed E-state index contributed by atoms with van der Waals surface area (Å²) < 4.78 is 0. The summed E-state index contributed by atoms with van der Waals surface area (Å²) in [4.78, 5) is 13.8. The number of carbonyl (C=O) groups is 1. The molecule has 86 valence electrons. The summed E-state index contributed by atoms with van der Waals surface area (Å²) in [6.07, 6.45) is 3.47. The van der Waals surface area contributed by atoms with Gasteiger partial charge in [0.25, 0.3) is 0 Å². The third kappa shape index (κ3) is 2.62. The van der Waals surface area contributed by atoms with E-state index in [1.54, 1.807) is 0 Å². The topological polar surface area (TPSA) is 44.4 Å². The lowest BCUT2D eigenvalue weighted by Gasteiger charge is -2.31. The molecular weight excluding hydrogens is 190 g/mol.